The van der Waals surface area contributed by atoms with Crippen molar-refractivity contribution in [2.24, 2.45) is 0 Å². The van der Waals surface area contributed by atoms with E-state index in [0.29, 0.717) is 24.5 Å². The van der Waals surface area contributed by atoms with Crippen molar-refractivity contribution >= 4 is 11.7 Å². The molecule has 0 saturated carbocycles. The van der Waals surface area contributed by atoms with Gasteiger partial charge in [-0.15, -0.1) is 0 Å². The standard InChI is InChI=1S/C15H21N5O2/c1-10(21)7-8-20(3)15(22)17-13-6-4-5-12(9-13)14-16-11(2)18-19-14/h4-6,9-10,21H,7-8H2,1-3H3,(H,17,22)(H,16,18,19). The number of amides is 2. The van der Waals surface area contributed by atoms with Gasteiger partial charge in [0.05, 0.1) is 6.10 Å². The van der Waals surface area contributed by atoms with Gasteiger partial charge >= 0.3 is 6.03 Å². The molecule has 0 aliphatic rings. The Hall–Kier alpha value is -2.41. The van der Waals surface area contributed by atoms with Crippen molar-refractivity contribution in [3.05, 3.63) is 30.1 Å². The number of hydrogen-bond acceptors (Lipinski definition) is 4. The lowest BCUT2D eigenvalue weighted by molar-refractivity contribution is 0.167. The van der Waals surface area contributed by atoms with Crippen LogP contribution >= 0.6 is 0 Å². The van der Waals surface area contributed by atoms with Crippen LogP contribution < -0.4 is 5.32 Å². The summed E-state index contributed by atoms with van der Waals surface area (Å²) in [5, 5.41) is 19.0. The molecule has 1 aromatic heterocycles. The smallest absolute Gasteiger partial charge is 0.321 e. The van der Waals surface area contributed by atoms with E-state index in [2.05, 4.69) is 20.5 Å². The van der Waals surface area contributed by atoms with Crippen LogP contribution in [0.4, 0.5) is 10.5 Å². The Morgan fingerprint density at radius 3 is 2.91 bits per heavy atom. The molecule has 0 fully saturated rings. The lowest BCUT2D eigenvalue weighted by atomic mass is 10.2. The van der Waals surface area contributed by atoms with Gasteiger partial charge in [-0.3, -0.25) is 5.10 Å². The number of aromatic amines is 1. The van der Waals surface area contributed by atoms with Crippen molar-refractivity contribution < 1.29 is 9.90 Å². The number of urea groups is 1. The fourth-order valence-corrected chi connectivity index (χ4v) is 1.91. The summed E-state index contributed by atoms with van der Waals surface area (Å²) in [5.74, 6) is 1.33. The highest BCUT2D eigenvalue weighted by Crippen LogP contribution is 2.19. The third-order valence-corrected chi connectivity index (χ3v) is 3.20. The summed E-state index contributed by atoms with van der Waals surface area (Å²) in [6.45, 7) is 4.02. The molecule has 2 rings (SSSR count). The zero-order valence-corrected chi connectivity index (χ0v) is 13.0. The number of nitrogens with one attached hydrogen (secondary N) is 2. The first-order valence-electron chi connectivity index (χ1n) is 7.15. The Morgan fingerprint density at radius 2 is 2.27 bits per heavy atom. The quantitative estimate of drug-likeness (QED) is 0.787. The van der Waals surface area contributed by atoms with Gasteiger partial charge in [0.25, 0.3) is 0 Å². The van der Waals surface area contributed by atoms with Crippen molar-refractivity contribution in [1.29, 1.82) is 0 Å². The number of anilines is 1. The molecule has 118 valence electrons. The van der Waals surface area contributed by atoms with E-state index in [-0.39, 0.29) is 6.03 Å². The van der Waals surface area contributed by atoms with E-state index >= 15 is 0 Å². The lowest BCUT2D eigenvalue weighted by Gasteiger charge is -2.18. The van der Waals surface area contributed by atoms with Crippen LogP contribution in [-0.2, 0) is 0 Å². The highest BCUT2D eigenvalue weighted by atomic mass is 16.3. The number of nitrogens with zero attached hydrogens (tertiary/aromatic N) is 3. The normalized spacial score (nSPS) is 12.0. The molecule has 2 aromatic rings. The van der Waals surface area contributed by atoms with Gasteiger partial charge in [0.15, 0.2) is 5.82 Å². The van der Waals surface area contributed by atoms with Crippen LogP contribution in [0.1, 0.15) is 19.2 Å². The van der Waals surface area contributed by atoms with Gasteiger partial charge < -0.3 is 15.3 Å². The second-order valence-electron chi connectivity index (χ2n) is 5.31. The average Bonchev–Trinajstić information content (AvgIpc) is 2.91. The Balaban J connectivity index is 2.02. The maximum absolute atomic E-state index is 12.1. The summed E-state index contributed by atoms with van der Waals surface area (Å²) in [7, 11) is 1.69. The van der Waals surface area contributed by atoms with E-state index in [1.165, 1.54) is 4.90 Å². The fraction of sp³-hybridized carbons (Fsp3) is 0.400. The van der Waals surface area contributed by atoms with Gasteiger partial charge in [-0.25, -0.2) is 9.78 Å². The minimum absolute atomic E-state index is 0.219. The molecule has 0 radical (unpaired) electrons. The maximum Gasteiger partial charge on any atom is 0.321 e. The number of carbonyl (C=O) groups is 1. The number of aliphatic hydroxyl groups is 1. The molecule has 0 aliphatic carbocycles. The molecule has 1 unspecified atom stereocenters. The molecule has 7 nitrogen and oxygen atoms in total. The van der Waals surface area contributed by atoms with Crippen LogP contribution in [-0.4, -0.2) is 50.9 Å². The first-order valence-corrected chi connectivity index (χ1v) is 7.15. The van der Waals surface area contributed by atoms with E-state index in [1.807, 2.05) is 31.2 Å². The van der Waals surface area contributed by atoms with E-state index < -0.39 is 6.10 Å². The van der Waals surface area contributed by atoms with Gasteiger partial charge in [0.1, 0.15) is 5.82 Å². The highest BCUT2D eigenvalue weighted by Gasteiger charge is 2.11. The Labute approximate surface area is 129 Å². The minimum Gasteiger partial charge on any atom is -0.393 e. The molecule has 7 heteroatoms. The molecule has 1 aromatic carbocycles. The Morgan fingerprint density at radius 1 is 1.50 bits per heavy atom. The molecule has 1 heterocycles. The van der Waals surface area contributed by atoms with E-state index in [9.17, 15) is 9.90 Å². The van der Waals surface area contributed by atoms with Crippen molar-refractivity contribution in [2.75, 3.05) is 18.9 Å². The summed E-state index contributed by atoms with van der Waals surface area (Å²) < 4.78 is 0. The zero-order chi connectivity index (χ0) is 16.1. The molecule has 0 aliphatic heterocycles. The van der Waals surface area contributed by atoms with Gasteiger partial charge in [-0.1, -0.05) is 12.1 Å². The number of aryl methyl sites for hydroxylation is 1. The molecular weight excluding hydrogens is 282 g/mol. The zero-order valence-electron chi connectivity index (χ0n) is 13.0. The molecule has 3 N–H and O–H groups in total. The molecule has 0 spiro atoms. The molecule has 22 heavy (non-hydrogen) atoms. The lowest BCUT2D eigenvalue weighted by Crippen LogP contribution is -2.33. The molecule has 0 saturated heterocycles. The molecule has 2 amide bonds. The highest BCUT2D eigenvalue weighted by molar-refractivity contribution is 5.89. The van der Waals surface area contributed by atoms with Crippen LogP contribution in [0.2, 0.25) is 0 Å². The molecule has 0 bridgehead atoms. The predicted molar refractivity (Wildman–Crippen MR) is 84.5 cm³/mol. The molecule has 1 atom stereocenters. The number of benzene rings is 1. The predicted octanol–water partition coefficient (Wildman–Crippen LogP) is 2.01. The summed E-state index contributed by atoms with van der Waals surface area (Å²) in [6, 6.07) is 7.14. The Kier molecular flexibility index (Phi) is 5.11. The van der Waals surface area contributed by atoms with Crippen LogP contribution in [0.3, 0.4) is 0 Å². The van der Waals surface area contributed by atoms with Crippen LogP contribution in [0.25, 0.3) is 11.4 Å². The maximum atomic E-state index is 12.1. The summed E-state index contributed by atoms with van der Waals surface area (Å²) in [4.78, 5) is 17.9. The van der Waals surface area contributed by atoms with Gasteiger partial charge in [-0.2, -0.15) is 5.10 Å². The second-order valence-corrected chi connectivity index (χ2v) is 5.31. The number of aromatic nitrogens is 3. The second kappa shape index (κ2) is 7.04. The van der Waals surface area contributed by atoms with Gasteiger partial charge in [-0.05, 0) is 32.4 Å². The van der Waals surface area contributed by atoms with E-state index in [0.717, 1.165) is 11.4 Å². The van der Waals surface area contributed by atoms with Crippen molar-refractivity contribution in [3.63, 3.8) is 0 Å². The van der Waals surface area contributed by atoms with Gasteiger partial charge in [0, 0.05) is 24.8 Å². The third-order valence-electron chi connectivity index (χ3n) is 3.20. The number of carbonyl (C=O) groups excluding carboxylic acids is 1. The average molecular weight is 303 g/mol. The van der Waals surface area contributed by atoms with Gasteiger partial charge in [0.2, 0.25) is 0 Å². The SMILES string of the molecule is Cc1nc(-c2cccc(NC(=O)N(C)CCC(C)O)c2)n[nH]1. The summed E-state index contributed by atoms with van der Waals surface area (Å²) >= 11 is 0. The minimum atomic E-state index is -0.424. The Bertz CT molecular complexity index is 638. The number of hydrogen-bond donors (Lipinski definition) is 3. The monoisotopic (exact) mass is 303 g/mol. The van der Waals surface area contributed by atoms with Crippen molar-refractivity contribution in [1.82, 2.24) is 20.1 Å². The first-order chi connectivity index (χ1) is 10.5. The van der Waals surface area contributed by atoms with Crippen LogP contribution in [0.15, 0.2) is 24.3 Å². The topological polar surface area (TPSA) is 94.1 Å². The van der Waals surface area contributed by atoms with Crippen molar-refractivity contribution in [2.45, 2.75) is 26.4 Å². The fourth-order valence-electron chi connectivity index (χ4n) is 1.91. The number of aliphatic hydroxyl groups excluding tert-OH is 1. The van der Waals surface area contributed by atoms with Crippen LogP contribution in [0.5, 0.6) is 0 Å². The summed E-state index contributed by atoms with van der Waals surface area (Å²) in [5.41, 5.74) is 1.50. The number of rotatable bonds is 5. The van der Waals surface area contributed by atoms with Crippen molar-refractivity contribution in [3.8, 4) is 11.4 Å². The van der Waals surface area contributed by atoms with E-state index in [1.54, 1.807) is 14.0 Å². The number of H-pyrrole nitrogens is 1. The third kappa shape index (κ3) is 4.29. The summed E-state index contributed by atoms with van der Waals surface area (Å²) in [6.07, 6.45) is 0.119. The first kappa shape index (κ1) is 16.0. The van der Waals surface area contributed by atoms with Crippen LogP contribution in [0, 0.1) is 6.92 Å². The largest absolute Gasteiger partial charge is 0.393 e. The van der Waals surface area contributed by atoms with E-state index in [4.69, 9.17) is 0 Å². The molecular formula is C15H21N5O2.